The van der Waals surface area contributed by atoms with Gasteiger partial charge in [0, 0.05) is 24.0 Å². The summed E-state index contributed by atoms with van der Waals surface area (Å²) in [7, 11) is 0. The predicted octanol–water partition coefficient (Wildman–Crippen LogP) is 4.14. The molecule has 1 atom stereocenters. The van der Waals surface area contributed by atoms with Crippen molar-refractivity contribution in [3.63, 3.8) is 0 Å². The largest absolute Gasteiger partial charge is 0.297 e. The highest BCUT2D eigenvalue weighted by Gasteiger charge is 2.24. The summed E-state index contributed by atoms with van der Waals surface area (Å²) in [5.74, 6) is 1.60. The number of aromatic nitrogens is 4. The smallest absolute Gasteiger partial charge is 0.195 e. The number of pyridine rings is 1. The van der Waals surface area contributed by atoms with E-state index in [9.17, 15) is 0 Å². The molecule has 2 aromatic heterocycles. The van der Waals surface area contributed by atoms with Crippen LogP contribution in [0.4, 0.5) is 0 Å². The molecule has 0 saturated heterocycles. The van der Waals surface area contributed by atoms with Crippen molar-refractivity contribution >= 4 is 12.2 Å². The van der Waals surface area contributed by atoms with Crippen molar-refractivity contribution in [3.8, 4) is 11.4 Å². The third-order valence-corrected chi connectivity index (χ3v) is 4.65. The van der Waals surface area contributed by atoms with Crippen LogP contribution in [0.2, 0.25) is 0 Å². The fourth-order valence-electron chi connectivity index (χ4n) is 3.21. The molecule has 0 spiro atoms. The number of hydrogen-bond acceptors (Lipinski definition) is 3. The monoisotopic (exact) mass is 288 g/mol. The first-order valence-electron chi connectivity index (χ1n) is 7.34. The summed E-state index contributed by atoms with van der Waals surface area (Å²) in [5, 5.41) is 7.35. The Morgan fingerprint density at radius 2 is 2.15 bits per heavy atom. The number of H-pyrrole nitrogens is 1. The maximum atomic E-state index is 5.44. The zero-order valence-electron chi connectivity index (χ0n) is 11.7. The van der Waals surface area contributed by atoms with Gasteiger partial charge in [-0.15, -0.1) is 0 Å². The van der Waals surface area contributed by atoms with Crippen LogP contribution in [0.25, 0.3) is 11.4 Å². The van der Waals surface area contributed by atoms with Crippen LogP contribution in [0.15, 0.2) is 24.5 Å². The standard InChI is InChI=1S/C15H20N4S/c1-11(12-6-3-2-4-7-12)19-14(17-18-15(19)20)13-8-5-9-16-10-13/h5,8-12H,2-4,6-7H2,1H3,(H,18,20). The molecule has 0 bridgehead atoms. The lowest BCUT2D eigenvalue weighted by Crippen LogP contribution is -2.20. The Morgan fingerprint density at radius 3 is 2.85 bits per heavy atom. The van der Waals surface area contributed by atoms with Crippen molar-refractivity contribution in [1.29, 1.82) is 0 Å². The van der Waals surface area contributed by atoms with Crippen LogP contribution in [0.3, 0.4) is 0 Å². The summed E-state index contributed by atoms with van der Waals surface area (Å²) in [6.45, 7) is 2.27. The molecule has 20 heavy (non-hydrogen) atoms. The van der Waals surface area contributed by atoms with Crippen molar-refractivity contribution in [1.82, 2.24) is 19.7 Å². The fourth-order valence-corrected chi connectivity index (χ4v) is 3.51. The highest BCUT2D eigenvalue weighted by molar-refractivity contribution is 7.71. The van der Waals surface area contributed by atoms with Crippen LogP contribution in [-0.4, -0.2) is 19.7 Å². The Bertz CT molecular complexity index is 610. The van der Waals surface area contributed by atoms with E-state index in [0.717, 1.165) is 11.4 Å². The third kappa shape index (κ3) is 2.54. The van der Waals surface area contributed by atoms with Gasteiger partial charge in [-0.2, -0.15) is 5.10 Å². The van der Waals surface area contributed by atoms with Crippen molar-refractivity contribution in [2.75, 3.05) is 0 Å². The molecule has 1 N–H and O–H groups in total. The van der Waals surface area contributed by atoms with E-state index in [2.05, 4.69) is 26.7 Å². The average molecular weight is 288 g/mol. The van der Waals surface area contributed by atoms with Crippen molar-refractivity contribution < 1.29 is 0 Å². The van der Waals surface area contributed by atoms with E-state index in [4.69, 9.17) is 12.2 Å². The molecule has 1 saturated carbocycles. The summed E-state index contributed by atoms with van der Waals surface area (Å²) in [5.41, 5.74) is 1.02. The molecule has 1 fully saturated rings. The van der Waals surface area contributed by atoms with Gasteiger partial charge in [0.2, 0.25) is 0 Å². The molecule has 1 aliphatic carbocycles. The second kappa shape index (κ2) is 5.87. The summed E-state index contributed by atoms with van der Waals surface area (Å²) >= 11 is 5.44. The molecule has 0 aliphatic heterocycles. The van der Waals surface area contributed by atoms with Crippen LogP contribution in [0, 0.1) is 10.7 Å². The van der Waals surface area contributed by atoms with E-state index in [1.165, 1.54) is 32.1 Å². The van der Waals surface area contributed by atoms with Gasteiger partial charge < -0.3 is 0 Å². The number of nitrogens with one attached hydrogen (secondary N) is 1. The van der Waals surface area contributed by atoms with Crippen LogP contribution in [0.1, 0.15) is 45.1 Å². The normalized spacial score (nSPS) is 18.1. The maximum absolute atomic E-state index is 5.44. The van der Waals surface area contributed by atoms with Gasteiger partial charge >= 0.3 is 0 Å². The Morgan fingerprint density at radius 1 is 1.35 bits per heavy atom. The summed E-state index contributed by atoms with van der Waals surface area (Å²) in [6.07, 6.45) is 10.2. The molecule has 0 radical (unpaired) electrons. The molecule has 0 amide bonds. The highest BCUT2D eigenvalue weighted by Crippen LogP contribution is 2.34. The minimum atomic E-state index is 0.386. The Kier molecular flexibility index (Phi) is 3.96. The third-order valence-electron chi connectivity index (χ3n) is 4.36. The predicted molar refractivity (Wildman–Crippen MR) is 81.9 cm³/mol. The fraction of sp³-hybridized carbons (Fsp3) is 0.533. The van der Waals surface area contributed by atoms with Crippen LogP contribution < -0.4 is 0 Å². The van der Waals surface area contributed by atoms with E-state index in [-0.39, 0.29) is 0 Å². The second-order valence-corrected chi connectivity index (χ2v) is 5.99. The molecule has 1 unspecified atom stereocenters. The molecule has 106 valence electrons. The second-order valence-electron chi connectivity index (χ2n) is 5.60. The number of nitrogens with zero attached hydrogens (tertiary/aromatic N) is 3. The molecule has 5 heteroatoms. The molecule has 1 aliphatic rings. The molecule has 3 rings (SSSR count). The van der Waals surface area contributed by atoms with Gasteiger partial charge in [-0.3, -0.25) is 14.6 Å². The maximum Gasteiger partial charge on any atom is 0.195 e. The van der Waals surface area contributed by atoms with Crippen molar-refractivity contribution in [2.45, 2.75) is 45.1 Å². The minimum Gasteiger partial charge on any atom is -0.297 e. The van der Waals surface area contributed by atoms with Gasteiger partial charge in [-0.05, 0) is 50.0 Å². The molecular formula is C15H20N4S. The summed E-state index contributed by atoms with van der Waals surface area (Å²) in [4.78, 5) is 4.18. The van der Waals surface area contributed by atoms with E-state index < -0.39 is 0 Å². The minimum absolute atomic E-state index is 0.386. The summed E-state index contributed by atoms with van der Waals surface area (Å²) < 4.78 is 2.88. The Balaban J connectivity index is 1.96. The van der Waals surface area contributed by atoms with E-state index in [1.807, 2.05) is 18.3 Å². The van der Waals surface area contributed by atoms with Crippen LogP contribution >= 0.6 is 12.2 Å². The average Bonchev–Trinajstić information content (AvgIpc) is 2.90. The summed E-state index contributed by atoms with van der Waals surface area (Å²) in [6, 6.07) is 4.35. The number of aromatic amines is 1. The van der Waals surface area contributed by atoms with Gasteiger partial charge in [-0.25, -0.2) is 0 Å². The Hall–Kier alpha value is -1.49. The van der Waals surface area contributed by atoms with Gasteiger partial charge in [0.1, 0.15) is 0 Å². The first kappa shape index (κ1) is 13.5. The molecule has 2 heterocycles. The van der Waals surface area contributed by atoms with Crippen LogP contribution in [-0.2, 0) is 0 Å². The molecule has 2 aromatic rings. The first-order chi connectivity index (χ1) is 9.77. The highest BCUT2D eigenvalue weighted by atomic mass is 32.1. The van der Waals surface area contributed by atoms with E-state index >= 15 is 0 Å². The van der Waals surface area contributed by atoms with Crippen LogP contribution in [0.5, 0.6) is 0 Å². The zero-order valence-corrected chi connectivity index (χ0v) is 12.6. The number of rotatable bonds is 3. The van der Waals surface area contributed by atoms with Crippen molar-refractivity contribution in [2.24, 2.45) is 5.92 Å². The molecule has 0 aromatic carbocycles. The van der Waals surface area contributed by atoms with E-state index in [0.29, 0.717) is 16.7 Å². The van der Waals surface area contributed by atoms with Crippen molar-refractivity contribution in [3.05, 3.63) is 29.3 Å². The van der Waals surface area contributed by atoms with E-state index in [1.54, 1.807) is 6.20 Å². The molecular weight excluding hydrogens is 268 g/mol. The van der Waals surface area contributed by atoms with Gasteiger partial charge in [-0.1, -0.05) is 19.3 Å². The first-order valence-corrected chi connectivity index (χ1v) is 7.75. The van der Waals surface area contributed by atoms with Gasteiger partial charge in [0.15, 0.2) is 10.6 Å². The van der Waals surface area contributed by atoms with Gasteiger partial charge in [0.25, 0.3) is 0 Å². The topological polar surface area (TPSA) is 46.5 Å². The number of hydrogen-bond donors (Lipinski definition) is 1. The zero-order chi connectivity index (χ0) is 13.9. The lowest BCUT2D eigenvalue weighted by molar-refractivity contribution is 0.263. The van der Waals surface area contributed by atoms with Gasteiger partial charge in [0.05, 0.1) is 0 Å². The quantitative estimate of drug-likeness (QED) is 0.863. The molecule has 4 nitrogen and oxygen atoms in total. The SMILES string of the molecule is CC(C1CCCCC1)n1c(-c2cccnc2)n[nH]c1=S. The Labute approximate surface area is 124 Å². The lowest BCUT2D eigenvalue weighted by Gasteiger charge is -2.29. The lowest BCUT2D eigenvalue weighted by atomic mass is 9.84.